The monoisotopic (exact) mass is 640 g/mol. The first-order valence-electron chi connectivity index (χ1n) is 16.6. The van der Waals surface area contributed by atoms with E-state index in [1.54, 1.807) is 6.92 Å². The lowest BCUT2D eigenvalue weighted by Crippen LogP contribution is -2.60. The van der Waals surface area contributed by atoms with Gasteiger partial charge in [-0.1, -0.05) is 27.7 Å². The normalized spacial score (nSPS) is 46.3. The van der Waals surface area contributed by atoms with Crippen LogP contribution in [0.25, 0.3) is 0 Å². The number of ether oxygens (including phenoxy) is 7. The minimum Gasteiger partial charge on any atom is -0.458 e. The molecule has 0 amide bonds. The molecule has 0 aromatic carbocycles. The van der Waals surface area contributed by atoms with Gasteiger partial charge in [0.05, 0.1) is 35.8 Å². The number of hydrogen-bond acceptors (Lipinski definition) is 12. The molecule has 4 aliphatic rings. The van der Waals surface area contributed by atoms with Gasteiger partial charge in [0.1, 0.15) is 12.8 Å². The maximum atomic E-state index is 13.6. The number of fused-ring (bicyclic) bond motifs is 4. The molecule has 4 heterocycles. The zero-order valence-electron chi connectivity index (χ0n) is 29.1. The average Bonchev–Trinajstić information content (AvgIpc) is 3.16. The number of carbonyl (C=O) groups is 3. The molecule has 0 saturated carbocycles. The van der Waals surface area contributed by atoms with Crippen LogP contribution in [0.5, 0.6) is 0 Å². The van der Waals surface area contributed by atoms with Crippen molar-refractivity contribution in [3.8, 4) is 0 Å². The number of esters is 2. The van der Waals surface area contributed by atoms with E-state index in [-0.39, 0.29) is 42.7 Å². The highest BCUT2D eigenvalue weighted by Gasteiger charge is 2.58. The summed E-state index contributed by atoms with van der Waals surface area (Å²) < 4.78 is 43.6. The Morgan fingerprint density at radius 3 is 2.38 bits per heavy atom. The Balaban J connectivity index is 1.74. The van der Waals surface area contributed by atoms with Gasteiger partial charge in [0, 0.05) is 13.5 Å². The molecule has 2 bridgehead atoms. The highest BCUT2D eigenvalue weighted by Crippen LogP contribution is 2.42. The summed E-state index contributed by atoms with van der Waals surface area (Å²) in [5.74, 6) is -1.28. The van der Waals surface area contributed by atoms with Crippen LogP contribution in [0.15, 0.2) is 0 Å². The number of likely N-dealkylation sites (N-methyl/N-ethyl adjacent to an activating group) is 1. The summed E-state index contributed by atoms with van der Waals surface area (Å²) in [5, 5.41) is 0. The lowest BCUT2D eigenvalue weighted by atomic mass is 9.79. The topological polar surface area (TPSA) is 122 Å². The van der Waals surface area contributed by atoms with Crippen LogP contribution in [0.1, 0.15) is 88.0 Å². The van der Waals surface area contributed by atoms with E-state index < -0.39 is 60.0 Å². The number of rotatable bonds is 5. The van der Waals surface area contributed by atoms with Crippen LogP contribution in [0.3, 0.4) is 0 Å². The molecule has 12 nitrogen and oxygen atoms in total. The minimum absolute atomic E-state index is 0.111. The van der Waals surface area contributed by atoms with Crippen LogP contribution in [0.4, 0.5) is 4.79 Å². The van der Waals surface area contributed by atoms with Crippen molar-refractivity contribution in [1.82, 2.24) is 9.80 Å². The molecule has 0 aromatic heterocycles. The van der Waals surface area contributed by atoms with Gasteiger partial charge in [0.25, 0.3) is 0 Å². The second-order valence-electron chi connectivity index (χ2n) is 14.6. The second-order valence-corrected chi connectivity index (χ2v) is 14.6. The first-order valence-corrected chi connectivity index (χ1v) is 16.6. The second kappa shape index (κ2) is 14.0. The molecule has 4 saturated heterocycles. The molecule has 4 aliphatic heterocycles. The van der Waals surface area contributed by atoms with Crippen LogP contribution in [-0.2, 0) is 42.7 Å². The molecule has 14 atom stereocenters. The van der Waals surface area contributed by atoms with Gasteiger partial charge in [0.15, 0.2) is 24.1 Å². The Bertz CT molecular complexity index is 1070. The standard InChI is InChI=1S/C33H56N2O10/c1-12-25-33(9)28(44-31(38)45-33)22(6)35-16-18(2)15-32(8,39-17-35)27(19(3)13-20(4)29(37)42-25)43-30-26(41-23(7)36)24(34(10)11)14-21(5)40-30/h18-22,24-28,30H,12-17H2,1-11H3/t18-,19+,20-,21-,22-,24+,25-,26-,27-,28-,30+,32-,33-/m1/s1. The Hall–Kier alpha value is -1.99. The van der Waals surface area contributed by atoms with Gasteiger partial charge in [0.2, 0.25) is 0 Å². The lowest BCUT2D eigenvalue weighted by Gasteiger charge is -2.47. The highest BCUT2D eigenvalue weighted by molar-refractivity contribution is 5.72. The molecule has 0 radical (unpaired) electrons. The highest BCUT2D eigenvalue weighted by atomic mass is 16.8. The lowest BCUT2D eigenvalue weighted by molar-refractivity contribution is -0.303. The van der Waals surface area contributed by atoms with Crippen LogP contribution in [0.2, 0.25) is 0 Å². The van der Waals surface area contributed by atoms with E-state index in [1.165, 1.54) is 6.92 Å². The predicted octanol–water partition coefficient (Wildman–Crippen LogP) is 4.12. The van der Waals surface area contributed by atoms with Crippen molar-refractivity contribution >= 4 is 18.1 Å². The number of cyclic esters (lactones) is 1. The Labute approximate surface area is 268 Å². The number of carbonyl (C=O) groups excluding carboxylic acids is 3. The van der Waals surface area contributed by atoms with Crippen LogP contribution in [-0.4, -0.2) is 115 Å². The molecule has 12 heteroatoms. The summed E-state index contributed by atoms with van der Waals surface area (Å²) in [7, 11) is 3.92. The smallest absolute Gasteiger partial charge is 0.458 e. The molecule has 4 rings (SSSR count). The summed E-state index contributed by atoms with van der Waals surface area (Å²) in [6, 6.07) is -0.409. The maximum Gasteiger partial charge on any atom is 0.509 e. The summed E-state index contributed by atoms with van der Waals surface area (Å²) in [6.07, 6.45) is -2.06. The maximum absolute atomic E-state index is 13.6. The van der Waals surface area contributed by atoms with Crippen LogP contribution in [0, 0.1) is 17.8 Å². The summed E-state index contributed by atoms with van der Waals surface area (Å²) in [5.41, 5.74) is -1.96. The molecule has 4 fully saturated rings. The molecule has 0 N–H and O–H groups in total. The first-order chi connectivity index (χ1) is 21.0. The fraction of sp³-hybridized carbons (Fsp3) is 0.909. The van der Waals surface area contributed by atoms with E-state index in [9.17, 15) is 14.4 Å². The zero-order chi connectivity index (χ0) is 33.4. The predicted molar refractivity (Wildman–Crippen MR) is 164 cm³/mol. The third-order valence-corrected chi connectivity index (χ3v) is 10.3. The van der Waals surface area contributed by atoms with E-state index in [4.69, 9.17) is 33.2 Å². The molecule has 0 aliphatic carbocycles. The van der Waals surface area contributed by atoms with E-state index in [2.05, 4.69) is 25.7 Å². The molecule has 1 unspecified atom stereocenters. The molecule has 0 spiro atoms. The van der Waals surface area contributed by atoms with Crippen molar-refractivity contribution < 1.29 is 47.5 Å². The summed E-state index contributed by atoms with van der Waals surface area (Å²) >= 11 is 0. The van der Waals surface area contributed by atoms with Crippen molar-refractivity contribution in [3.05, 3.63) is 0 Å². The van der Waals surface area contributed by atoms with Crippen molar-refractivity contribution in [2.45, 2.75) is 148 Å². The fourth-order valence-corrected chi connectivity index (χ4v) is 8.10. The molecule has 45 heavy (non-hydrogen) atoms. The Morgan fingerprint density at radius 1 is 1.07 bits per heavy atom. The van der Waals surface area contributed by atoms with Crippen molar-refractivity contribution in [1.29, 1.82) is 0 Å². The zero-order valence-corrected chi connectivity index (χ0v) is 29.1. The third-order valence-electron chi connectivity index (χ3n) is 10.3. The molecular formula is C33H56N2O10. The summed E-state index contributed by atoms with van der Waals surface area (Å²) in [4.78, 5) is 42.6. The first kappa shape index (κ1) is 35.9. The van der Waals surface area contributed by atoms with Crippen LogP contribution < -0.4 is 0 Å². The van der Waals surface area contributed by atoms with Gasteiger partial charge in [-0.05, 0) is 79.3 Å². The summed E-state index contributed by atoms with van der Waals surface area (Å²) in [6.45, 7) is 18.2. The average molecular weight is 641 g/mol. The minimum atomic E-state index is -1.16. The van der Waals surface area contributed by atoms with Crippen molar-refractivity contribution in [2.24, 2.45) is 17.8 Å². The SMILES string of the molecule is CC[C@H]1OC(=O)[C@H](C)C[C@H](C)[C@@H](O[C@@H]2O[C@H](C)C[C@H](N(C)C)[C@H]2OC(C)=O)[C@@]2(C)C[C@@H](C)CN(CO2)[C@H](C)[C@H]2OC(=O)O[C@@]21C. The van der Waals surface area contributed by atoms with Gasteiger partial charge < -0.3 is 38.1 Å². The Kier molecular flexibility index (Phi) is 11.2. The molecule has 258 valence electrons. The molecular weight excluding hydrogens is 584 g/mol. The fourth-order valence-electron chi connectivity index (χ4n) is 8.10. The third kappa shape index (κ3) is 7.61. The van der Waals surface area contributed by atoms with E-state index in [0.717, 1.165) is 0 Å². The Morgan fingerprint density at radius 2 is 1.76 bits per heavy atom. The van der Waals surface area contributed by atoms with Gasteiger partial charge in [-0.2, -0.15) is 0 Å². The van der Waals surface area contributed by atoms with Gasteiger partial charge in [-0.25, -0.2) is 4.79 Å². The van der Waals surface area contributed by atoms with Gasteiger partial charge in [-0.3, -0.25) is 14.5 Å². The van der Waals surface area contributed by atoms with E-state index in [0.29, 0.717) is 32.2 Å². The molecule has 0 aromatic rings. The van der Waals surface area contributed by atoms with Gasteiger partial charge >= 0.3 is 18.1 Å². The number of nitrogens with zero attached hydrogens (tertiary/aromatic N) is 2. The van der Waals surface area contributed by atoms with Crippen LogP contribution >= 0.6 is 0 Å². The largest absolute Gasteiger partial charge is 0.509 e. The van der Waals surface area contributed by atoms with Gasteiger partial charge in [-0.15, -0.1) is 0 Å². The van der Waals surface area contributed by atoms with E-state index >= 15 is 0 Å². The van der Waals surface area contributed by atoms with E-state index in [1.807, 2.05) is 46.7 Å². The quantitative estimate of drug-likeness (QED) is 0.317. The van der Waals surface area contributed by atoms with Crippen molar-refractivity contribution in [2.75, 3.05) is 27.4 Å². The van der Waals surface area contributed by atoms with Crippen molar-refractivity contribution in [3.63, 3.8) is 0 Å². The number of hydrogen-bond donors (Lipinski definition) is 0.